The quantitative estimate of drug-likeness (QED) is 0.818. The van der Waals surface area contributed by atoms with Crippen LogP contribution < -0.4 is 4.90 Å². The smallest absolute Gasteiger partial charge is 0.226 e. The summed E-state index contributed by atoms with van der Waals surface area (Å²) < 4.78 is 0. The van der Waals surface area contributed by atoms with Gasteiger partial charge >= 0.3 is 0 Å². The van der Waals surface area contributed by atoms with Gasteiger partial charge in [0.15, 0.2) is 0 Å². The van der Waals surface area contributed by atoms with E-state index in [1.807, 2.05) is 0 Å². The first-order valence-corrected chi connectivity index (χ1v) is 10.8. The third-order valence-corrected chi connectivity index (χ3v) is 6.66. The second kappa shape index (κ2) is 8.17. The van der Waals surface area contributed by atoms with Crippen molar-refractivity contribution in [1.82, 2.24) is 14.8 Å². The topological polar surface area (TPSA) is 39.7 Å². The lowest BCUT2D eigenvalue weighted by Gasteiger charge is -2.35. The molecule has 0 spiro atoms. The molecule has 1 amide bonds. The summed E-state index contributed by atoms with van der Waals surface area (Å²) >= 11 is 0. The molecular weight excluding hydrogens is 336 g/mol. The fourth-order valence-electron chi connectivity index (χ4n) is 5.02. The molecule has 1 aliphatic carbocycles. The SMILES string of the molecule is Cc1cc(N2CCN(C)CC2)cc([C@@H]2CCCN2C(=O)C2CCCCC2)n1. The lowest BCUT2D eigenvalue weighted by Crippen LogP contribution is -2.44. The Morgan fingerprint density at radius 2 is 1.70 bits per heavy atom. The number of likely N-dealkylation sites (tertiary alicyclic amines) is 1. The molecule has 0 unspecified atom stereocenters. The molecule has 4 rings (SSSR count). The number of hydrogen-bond acceptors (Lipinski definition) is 4. The maximum Gasteiger partial charge on any atom is 0.226 e. The number of aryl methyl sites for hydroxylation is 1. The molecule has 1 aromatic rings. The highest BCUT2D eigenvalue weighted by molar-refractivity contribution is 5.79. The van der Waals surface area contributed by atoms with Gasteiger partial charge in [0, 0.05) is 50.0 Å². The van der Waals surface area contributed by atoms with Gasteiger partial charge in [-0.1, -0.05) is 19.3 Å². The number of rotatable bonds is 3. The lowest BCUT2D eigenvalue weighted by molar-refractivity contribution is -0.137. The maximum absolute atomic E-state index is 13.2. The molecule has 1 saturated carbocycles. The average molecular weight is 371 g/mol. The first-order valence-electron chi connectivity index (χ1n) is 10.8. The normalized spacial score (nSPS) is 25.2. The van der Waals surface area contributed by atoms with Gasteiger partial charge in [0.25, 0.3) is 0 Å². The molecule has 0 aromatic carbocycles. The van der Waals surface area contributed by atoms with Gasteiger partial charge in [0.05, 0.1) is 11.7 Å². The van der Waals surface area contributed by atoms with Gasteiger partial charge in [-0.3, -0.25) is 9.78 Å². The number of pyridine rings is 1. The fourth-order valence-corrected chi connectivity index (χ4v) is 5.02. The van der Waals surface area contributed by atoms with Crippen LogP contribution in [0.5, 0.6) is 0 Å². The molecule has 3 heterocycles. The predicted octanol–water partition coefficient (Wildman–Crippen LogP) is 3.39. The monoisotopic (exact) mass is 370 g/mol. The molecule has 3 aliphatic rings. The number of anilines is 1. The minimum Gasteiger partial charge on any atom is -0.369 e. The van der Waals surface area contributed by atoms with Gasteiger partial charge in [-0.25, -0.2) is 0 Å². The number of hydrogen-bond donors (Lipinski definition) is 0. The standard InChI is InChI=1S/C22H34N4O/c1-17-15-19(25-13-11-24(2)12-14-25)16-20(23-17)21-9-6-10-26(21)22(27)18-7-4-3-5-8-18/h15-16,18,21H,3-14H2,1-2H3/t21-/m0/s1. The van der Waals surface area contributed by atoms with E-state index in [1.165, 1.54) is 24.9 Å². The van der Waals surface area contributed by atoms with E-state index >= 15 is 0 Å². The van der Waals surface area contributed by atoms with Crippen molar-refractivity contribution >= 4 is 11.6 Å². The second-order valence-corrected chi connectivity index (χ2v) is 8.71. The van der Waals surface area contributed by atoms with E-state index in [0.717, 1.165) is 69.8 Å². The Kier molecular flexibility index (Phi) is 5.67. The van der Waals surface area contributed by atoms with E-state index in [9.17, 15) is 4.79 Å². The molecule has 2 aliphatic heterocycles. The summed E-state index contributed by atoms with van der Waals surface area (Å²) in [5.41, 5.74) is 3.45. The Labute approximate surface area is 163 Å². The van der Waals surface area contributed by atoms with E-state index < -0.39 is 0 Å². The Balaban J connectivity index is 1.53. The van der Waals surface area contributed by atoms with Crippen molar-refractivity contribution in [2.45, 2.75) is 57.9 Å². The first kappa shape index (κ1) is 18.7. The molecule has 0 N–H and O–H groups in total. The summed E-state index contributed by atoms with van der Waals surface area (Å²) in [6.45, 7) is 7.33. The first-order chi connectivity index (χ1) is 13.1. The van der Waals surface area contributed by atoms with Crippen molar-refractivity contribution in [3.05, 3.63) is 23.5 Å². The van der Waals surface area contributed by atoms with Crippen LogP contribution in [0.4, 0.5) is 5.69 Å². The number of aromatic nitrogens is 1. The molecule has 0 radical (unpaired) electrons. The van der Waals surface area contributed by atoms with Crippen LogP contribution in [0.15, 0.2) is 12.1 Å². The molecule has 1 atom stereocenters. The number of likely N-dealkylation sites (N-methyl/N-ethyl adjacent to an activating group) is 1. The number of amides is 1. The molecule has 3 fully saturated rings. The molecule has 0 bridgehead atoms. The van der Waals surface area contributed by atoms with Crippen molar-refractivity contribution in [2.24, 2.45) is 5.92 Å². The van der Waals surface area contributed by atoms with Crippen LogP contribution in [0.3, 0.4) is 0 Å². The van der Waals surface area contributed by atoms with Crippen molar-refractivity contribution < 1.29 is 4.79 Å². The average Bonchev–Trinajstić information content (AvgIpc) is 3.18. The summed E-state index contributed by atoms with van der Waals surface area (Å²) in [5, 5.41) is 0. The number of carbonyl (C=O) groups excluding carboxylic acids is 1. The largest absolute Gasteiger partial charge is 0.369 e. The Hall–Kier alpha value is -1.62. The molecular formula is C22H34N4O. The van der Waals surface area contributed by atoms with Gasteiger partial charge in [0.1, 0.15) is 0 Å². The minimum absolute atomic E-state index is 0.172. The number of carbonyl (C=O) groups is 1. The Morgan fingerprint density at radius 3 is 2.44 bits per heavy atom. The number of nitrogens with zero attached hydrogens (tertiary/aromatic N) is 4. The highest BCUT2D eigenvalue weighted by atomic mass is 16.2. The molecule has 148 valence electrons. The van der Waals surface area contributed by atoms with Crippen LogP contribution in [0.2, 0.25) is 0 Å². The molecule has 5 heteroatoms. The minimum atomic E-state index is 0.172. The van der Waals surface area contributed by atoms with Gasteiger partial charge < -0.3 is 14.7 Å². The van der Waals surface area contributed by atoms with E-state index in [0.29, 0.717) is 5.91 Å². The predicted molar refractivity (Wildman–Crippen MR) is 109 cm³/mol. The van der Waals surface area contributed by atoms with Crippen molar-refractivity contribution in [2.75, 3.05) is 44.7 Å². The lowest BCUT2D eigenvalue weighted by atomic mass is 9.88. The van der Waals surface area contributed by atoms with Crippen LogP contribution in [-0.2, 0) is 4.79 Å². The zero-order valence-electron chi connectivity index (χ0n) is 17.0. The highest BCUT2D eigenvalue weighted by Crippen LogP contribution is 2.36. The van der Waals surface area contributed by atoms with Gasteiger partial charge in [-0.2, -0.15) is 0 Å². The van der Waals surface area contributed by atoms with E-state index in [1.54, 1.807) is 0 Å². The number of piperazine rings is 1. The zero-order valence-corrected chi connectivity index (χ0v) is 17.0. The van der Waals surface area contributed by atoms with Crippen LogP contribution in [-0.4, -0.2) is 60.5 Å². The molecule has 27 heavy (non-hydrogen) atoms. The highest BCUT2D eigenvalue weighted by Gasteiger charge is 2.35. The van der Waals surface area contributed by atoms with E-state index in [-0.39, 0.29) is 12.0 Å². The summed E-state index contributed by atoms with van der Waals surface area (Å²) in [6.07, 6.45) is 8.03. The Bertz CT molecular complexity index is 662. The summed E-state index contributed by atoms with van der Waals surface area (Å²) in [6, 6.07) is 4.64. The summed E-state index contributed by atoms with van der Waals surface area (Å²) in [4.78, 5) is 25.1. The molecule has 5 nitrogen and oxygen atoms in total. The zero-order chi connectivity index (χ0) is 18.8. The van der Waals surface area contributed by atoms with E-state index in [4.69, 9.17) is 4.98 Å². The van der Waals surface area contributed by atoms with Gasteiger partial charge in [0.2, 0.25) is 5.91 Å². The third-order valence-electron chi connectivity index (χ3n) is 6.66. The second-order valence-electron chi connectivity index (χ2n) is 8.71. The molecule has 1 aromatic heterocycles. The van der Waals surface area contributed by atoms with Crippen LogP contribution in [0.1, 0.15) is 62.4 Å². The van der Waals surface area contributed by atoms with Crippen LogP contribution >= 0.6 is 0 Å². The van der Waals surface area contributed by atoms with E-state index in [2.05, 4.69) is 40.8 Å². The van der Waals surface area contributed by atoms with Crippen LogP contribution in [0.25, 0.3) is 0 Å². The van der Waals surface area contributed by atoms with Gasteiger partial charge in [-0.05, 0) is 51.8 Å². The summed E-state index contributed by atoms with van der Waals surface area (Å²) in [7, 11) is 2.19. The van der Waals surface area contributed by atoms with Crippen molar-refractivity contribution in [1.29, 1.82) is 0 Å². The van der Waals surface area contributed by atoms with Crippen molar-refractivity contribution in [3.8, 4) is 0 Å². The van der Waals surface area contributed by atoms with Crippen molar-refractivity contribution in [3.63, 3.8) is 0 Å². The Morgan fingerprint density at radius 1 is 0.963 bits per heavy atom. The third kappa shape index (κ3) is 4.13. The summed E-state index contributed by atoms with van der Waals surface area (Å²) in [5.74, 6) is 0.642. The maximum atomic E-state index is 13.2. The van der Waals surface area contributed by atoms with Crippen LogP contribution in [0, 0.1) is 12.8 Å². The van der Waals surface area contributed by atoms with Gasteiger partial charge in [-0.15, -0.1) is 0 Å². The fraction of sp³-hybridized carbons (Fsp3) is 0.727. The molecule has 2 saturated heterocycles.